The fraction of sp³-hybridized carbons (Fsp3) is 0.538. The van der Waals surface area contributed by atoms with E-state index in [0.29, 0.717) is 6.54 Å². The molecular weight excluding hydrogens is 198 g/mol. The largest absolute Gasteiger partial charge is 0.384 e. The summed E-state index contributed by atoms with van der Waals surface area (Å²) in [5, 5.41) is 3.28. The number of hydrogen-bond acceptors (Lipinski definition) is 3. The maximum Gasteiger partial charge on any atom is 0.0367 e. The molecule has 3 nitrogen and oxygen atoms in total. The number of nitrogens with two attached hydrogens (primary N) is 1. The first kappa shape index (κ1) is 11.3. The van der Waals surface area contributed by atoms with Gasteiger partial charge in [0.05, 0.1) is 0 Å². The molecule has 3 N–H and O–H groups in total. The predicted molar refractivity (Wildman–Crippen MR) is 70.1 cm³/mol. The summed E-state index contributed by atoms with van der Waals surface area (Å²) in [7, 11) is 0. The van der Waals surface area contributed by atoms with E-state index in [9.17, 15) is 0 Å². The van der Waals surface area contributed by atoms with E-state index in [1.165, 1.54) is 38.0 Å². The first-order chi connectivity index (χ1) is 7.90. The smallest absolute Gasteiger partial charge is 0.0367 e. The van der Waals surface area contributed by atoms with E-state index in [-0.39, 0.29) is 0 Å². The standard InChI is InChI=1S/C13H21N3/c14-8-9-15-12-4-6-13(7-5-12)16-10-2-1-3-11-16/h4-7,15H,1-3,8-11,14H2. The van der Waals surface area contributed by atoms with Crippen molar-refractivity contribution in [1.29, 1.82) is 0 Å². The maximum absolute atomic E-state index is 5.45. The zero-order valence-corrected chi connectivity index (χ0v) is 9.78. The average molecular weight is 219 g/mol. The summed E-state index contributed by atoms with van der Waals surface area (Å²) in [5.74, 6) is 0. The van der Waals surface area contributed by atoms with E-state index in [1.807, 2.05) is 0 Å². The molecular formula is C13H21N3. The number of rotatable bonds is 4. The third-order valence-corrected chi connectivity index (χ3v) is 3.06. The van der Waals surface area contributed by atoms with Crippen LogP contribution in [0, 0.1) is 0 Å². The molecule has 88 valence electrons. The second kappa shape index (κ2) is 5.75. The normalized spacial score (nSPS) is 16.2. The summed E-state index contributed by atoms with van der Waals surface area (Å²) in [6.45, 7) is 3.92. The zero-order valence-electron chi connectivity index (χ0n) is 9.78. The van der Waals surface area contributed by atoms with Crippen LogP contribution in [0.4, 0.5) is 11.4 Å². The molecule has 0 atom stereocenters. The van der Waals surface area contributed by atoms with Crippen molar-refractivity contribution >= 4 is 11.4 Å². The lowest BCUT2D eigenvalue weighted by Crippen LogP contribution is -2.29. The third kappa shape index (κ3) is 2.89. The highest BCUT2D eigenvalue weighted by atomic mass is 15.1. The lowest BCUT2D eigenvalue weighted by atomic mass is 10.1. The van der Waals surface area contributed by atoms with Gasteiger partial charge in [-0.3, -0.25) is 0 Å². The summed E-state index contributed by atoms with van der Waals surface area (Å²) in [6, 6.07) is 8.67. The Morgan fingerprint density at radius 1 is 1.06 bits per heavy atom. The van der Waals surface area contributed by atoms with Gasteiger partial charge < -0.3 is 16.0 Å². The fourth-order valence-electron chi connectivity index (χ4n) is 2.16. The molecule has 0 radical (unpaired) electrons. The van der Waals surface area contributed by atoms with Crippen molar-refractivity contribution in [3.05, 3.63) is 24.3 Å². The van der Waals surface area contributed by atoms with Gasteiger partial charge in [-0.2, -0.15) is 0 Å². The Hall–Kier alpha value is -1.22. The molecule has 1 heterocycles. The van der Waals surface area contributed by atoms with Crippen molar-refractivity contribution in [3.63, 3.8) is 0 Å². The monoisotopic (exact) mass is 219 g/mol. The first-order valence-corrected chi connectivity index (χ1v) is 6.19. The Kier molecular flexibility index (Phi) is 4.05. The number of hydrogen-bond donors (Lipinski definition) is 2. The molecule has 0 spiro atoms. The van der Waals surface area contributed by atoms with Crippen molar-refractivity contribution in [2.75, 3.05) is 36.4 Å². The minimum Gasteiger partial charge on any atom is -0.384 e. The SMILES string of the molecule is NCCNc1ccc(N2CCCCC2)cc1. The highest BCUT2D eigenvalue weighted by Crippen LogP contribution is 2.21. The van der Waals surface area contributed by atoms with E-state index < -0.39 is 0 Å². The van der Waals surface area contributed by atoms with Crippen LogP contribution in [-0.4, -0.2) is 26.2 Å². The molecule has 1 aliphatic heterocycles. The lowest BCUT2D eigenvalue weighted by molar-refractivity contribution is 0.578. The number of piperidine rings is 1. The molecule has 16 heavy (non-hydrogen) atoms. The van der Waals surface area contributed by atoms with Crippen LogP contribution in [-0.2, 0) is 0 Å². The fourth-order valence-corrected chi connectivity index (χ4v) is 2.16. The zero-order chi connectivity index (χ0) is 11.2. The summed E-state index contributed by atoms with van der Waals surface area (Å²) in [5.41, 5.74) is 7.96. The van der Waals surface area contributed by atoms with Gasteiger partial charge in [-0.1, -0.05) is 0 Å². The highest BCUT2D eigenvalue weighted by Gasteiger charge is 2.10. The van der Waals surface area contributed by atoms with Gasteiger partial charge in [0, 0.05) is 37.6 Å². The van der Waals surface area contributed by atoms with Crippen LogP contribution >= 0.6 is 0 Å². The predicted octanol–water partition coefficient (Wildman–Crippen LogP) is 2.05. The second-order valence-electron chi connectivity index (χ2n) is 4.31. The number of nitrogens with zero attached hydrogens (tertiary/aromatic N) is 1. The first-order valence-electron chi connectivity index (χ1n) is 6.19. The van der Waals surface area contributed by atoms with E-state index in [4.69, 9.17) is 5.73 Å². The summed E-state index contributed by atoms with van der Waals surface area (Å²) < 4.78 is 0. The van der Waals surface area contributed by atoms with Crippen LogP contribution in [0.2, 0.25) is 0 Å². The molecule has 0 bridgehead atoms. The highest BCUT2D eigenvalue weighted by molar-refractivity contribution is 5.55. The molecule has 1 aliphatic rings. The van der Waals surface area contributed by atoms with Gasteiger partial charge in [0.15, 0.2) is 0 Å². The molecule has 3 heteroatoms. The minimum atomic E-state index is 0.674. The van der Waals surface area contributed by atoms with Crippen molar-refractivity contribution in [1.82, 2.24) is 0 Å². The molecule has 0 saturated carbocycles. The van der Waals surface area contributed by atoms with Gasteiger partial charge >= 0.3 is 0 Å². The minimum absolute atomic E-state index is 0.674. The van der Waals surface area contributed by atoms with Gasteiger partial charge in [0.1, 0.15) is 0 Å². The molecule has 1 fully saturated rings. The van der Waals surface area contributed by atoms with Crippen LogP contribution in [0.5, 0.6) is 0 Å². The van der Waals surface area contributed by atoms with Gasteiger partial charge in [-0.25, -0.2) is 0 Å². The van der Waals surface area contributed by atoms with Crippen LogP contribution in [0.1, 0.15) is 19.3 Å². The van der Waals surface area contributed by atoms with E-state index >= 15 is 0 Å². The van der Waals surface area contributed by atoms with Gasteiger partial charge in [0.2, 0.25) is 0 Å². The Morgan fingerprint density at radius 3 is 2.38 bits per heavy atom. The topological polar surface area (TPSA) is 41.3 Å². The van der Waals surface area contributed by atoms with Gasteiger partial charge in [-0.15, -0.1) is 0 Å². The van der Waals surface area contributed by atoms with Crippen LogP contribution in [0.25, 0.3) is 0 Å². The van der Waals surface area contributed by atoms with E-state index in [1.54, 1.807) is 0 Å². The maximum atomic E-state index is 5.45. The third-order valence-electron chi connectivity index (χ3n) is 3.06. The van der Waals surface area contributed by atoms with Crippen molar-refractivity contribution in [2.45, 2.75) is 19.3 Å². The number of nitrogens with one attached hydrogen (secondary N) is 1. The Balaban J connectivity index is 1.95. The summed E-state index contributed by atoms with van der Waals surface area (Å²) >= 11 is 0. The summed E-state index contributed by atoms with van der Waals surface area (Å²) in [4.78, 5) is 2.47. The van der Waals surface area contributed by atoms with Crippen LogP contribution < -0.4 is 16.0 Å². The molecule has 0 aromatic heterocycles. The van der Waals surface area contributed by atoms with Crippen molar-refractivity contribution in [3.8, 4) is 0 Å². The number of anilines is 2. The second-order valence-corrected chi connectivity index (χ2v) is 4.31. The Labute approximate surface area is 97.6 Å². The lowest BCUT2D eigenvalue weighted by Gasteiger charge is -2.28. The Bertz CT molecular complexity index is 301. The number of benzene rings is 1. The molecule has 0 unspecified atom stereocenters. The quantitative estimate of drug-likeness (QED) is 0.814. The van der Waals surface area contributed by atoms with Crippen molar-refractivity contribution in [2.24, 2.45) is 5.73 Å². The van der Waals surface area contributed by atoms with E-state index in [2.05, 4.69) is 34.5 Å². The van der Waals surface area contributed by atoms with Crippen LogP contribution in [0.3, 0.4) is 0 Å². The molecule has 1 aromatic rings. The molecule has 1 saturated heterocycles. The van der Waals surface area contributed by atoms with E-state index in [0.717, 1.165) is 12.2 Å². The summed E-state index contributed by atoms with van der Waals surface area (Å²) in [6.07, 6.45) is 4.03. The molecule has 0 amide bonds. The molecule has 2 rings (SSSR count). The van der Waals surface area contributed by atoms with Crippen molar-refractivity contribution < 1.29 is 0 Å². The molecule has 0 aliphatic carbocycles. The Morgan fingerprint density at radius 2 is 1.75 bits per heavy atom. The van der Waals surface area contributed by atoms with Crippen LogP contribution in [0.15, 0.2) is 24.3 Å². The van der Waals surface area contributed by atoms with Gasteiger partial charge in [-0.05, 0) is 43.5 Å². The van der Waals surface area contributed by atoms with Gasteiger partial charge in [0.25, 0.3) is 0 Å². The molecule has 1 aromatic carbocycles. The average Bonchev–Trinajstić information content (AvgIpc) is 2.38.